The summed E-state index contributed by atoms with van der Waals surface area (Å²) in [5.41, 5.74) is 1.02. The summed E-state index contributed by atoms with van der Waals surface area (Å²) in [6, 6.07) is 0. The minimum Gasteiger partial charge on any atom is -0.0988 e. The smallest absolute Gasteiger partial charge is 0.0404 e. The van der Waals surface area contributed by atoms with Gasteiger partial charge in [0.25, 0.3) is 0 Å². The van der Waals surface area contributed by atoms with Crippen molar-refractivity contribution in [1.29, 1.82) is 0 Å². The minimum absolute atomic E-state index is 1.02. The Labute approximate surface area is 52.9 Å². The highest BCUT2D eigenvalue weighted by molar-refractivity contribution is 5.05. The molecule has 0 unspecified atom stereocenters. The first-order valence-corrected chi connectivity index (χ1v) is 2.96. The normalized spacial score (nSPS) is 6.38. The molecule has 0 aliphatic rings. The van der Waals surface area contributed by atoms with Gasteiger partial charge in [0.1, 0.15) is 0 Å². The standard InChI is InChI=1S/C5H8.C3H8/c1-4-5(2)3;1-3-2/h4H,1-2H2,3H3;3H2,1-2H3. The maximum absolute atomic E-state index is 3.56. The molecular weight excluding hydrogens is 96.1 g/mol. The zero-order valence-corrected chi connectivity index (χ0v) is 6.20. The van der Waals surface area contributed by atoms with Crippen LogP contribution in [-0.4, -0.2) is 0 Å². The molecule has 0 aromatic heterocycles. The SMILES string of the molecule is C=CC(=C)C.CCC. The second kappa shape index (κ2) is 9.70. The summed E-state index contributed by atoms with van der Waals surface area (Å²) in [7, 11) is 0. The average molecular weight is 112 g/mol. The third-order valence-electron chi connectivity index (χ3n) is 0.348. The monoisotopic (exact) mass is 112 g/mol. The van der Waals surface area contributed by atoms with E-state index in [4.69, 9.17) is 0 Å². The van der Waals surface area contributed by atoms with E-state index < -0.39 is 0 Å². The van der Waals surface area contributed by atoms with Crippen LogP contribution >= 0.6 is 0 Å². The molecule has 0 aliphatic carbocycles. The van der Waals surface area contributed by atoms with Crippen molar-refractivity contribution in [2.45, 2.75) is 27.2 Å². The maximum atomic E-state index is 3.56. The van der Waals surface area contributed by atoms with Crippen LogP contribution in [0.15, 0.2) is 24.8 Å². The molecule has 0 heterocycles. The van der Waals surface area contributed by atoms with Gasteiger partial charge in [0.05, 0.1) is 0 Å². The highest BCUT2D eigenvalue weighted by Crippen LogP contribution is 1.81. The summed E-state index contributed by atoms with van der Waals surface area (Å²) in [4.78, 5) is 0. The van der Waals surface area contributed by atoms with E-state index in [1.54, 1.807) is 6.08 Å². The molecule has 0 fully saturated rings. The van der Waals surface area contributed by atoms with Gasteiger partial charge in [-0.1, -0.05) is 45.1 Å². The van der Waals surface area contributed by atoms with E-state index in [-0.39, 0.29) is 0 Å². The van der Waals surface area contributed by atoms with Crippen molar-refractivity contribution >= 4 is 0 Å². The summed E-state index contributed by atoms with van der Waals surface area (Å²) in [6.07, 6.45) is 2.97. The van der Waals surface area contributed by atoms with Crippen molar-refractivity contribution in [3.63, 3.8) is 0 Å². The lowest BCUT2D eigenvalue weighted by Crippen LogP contribution is -1.50. The van der Waals surface area contributed by atoms with Crippen LogP contribution in [0.25, 0.3) is 0 Å². The largest absolute Gasteiger partial charge is 0.0988 e. The van der Waals surface area contributed by atoms with Crippen LogP contribution in [0.5, 0.6) is 0 Å². The molecule has 0 saturated carbocycles. The summed E-state index contributed by atoms with van der Waals surface area (Å²) < 4.78 is 0. The predicted octanol–water partition coefficient (Wildman–Crippen LogP) is 3.16. The average Bonchev–Trinajstić information content (AvgIpc) is 1.69. The number of hydrogen-bond donors (Lipinski definition) is 0. The molecule has 8 heavy (non-hydrogen) atoms. The van der Waals surface area contributed by atoms with Crippen LogP contribution in [-0.2, 0) is 0 Å². The fourth-order valence-corrected chi connectivity index (χ4v) is 0. The second-order valence-electron chi connectivity index (χ2n) is 1.76. The van der Waals surface area contributed by atoms with E-state index in [0.29, 0.717) is 0 Å². The molecule has 0 radical (unpaired) electrons. The van der Waals surface area contributed by atoms with E-state index >= 15 is 0 Å². The zero-order chi connectivity index (χ0) is 6.99. The van der Waals surface area contributed by atoms with Crippen LogP contribution in [0.4, 0.5) is 0 Å². The topological polar surface area (TPSA) is 0 Å². The Morgan fingerprint density at radius 2 is 1.62 bits per heavy atom. The molecule has 0 nitrogen and oxygen atoms in total. The van der Waals surface area contributed by atoms with Gasteiger partial charge in [-0.15, -0.1) is 0 Å². The van der Waals surface area contributed by atoms with Crippen molar-refractivity contribution in [3.05, 3.63) is 24.8 Å². The van der Waals surface area contributed by atoms with Gasteiger partial charge in [-0.2, -0.15) is 0 Å². The Morgan fingerprint density at radius 3 is 1.62 bits per heavy atom. The van der Waals surface area contributed by atoms with Gasteiger partial charge in [0.15, 0.2) is 0 Å². The Morgan fingerprint density at radius 1 is 1.50 bits per heavy atom. The van der Waals surface area contributed by atoms with E-state index in [9.17, 15) is 0 Å². The van der Waals surface area contributed by atoms with Crippen molar-refractivity contribution in [3.8, 4) is 0 Å². The third kappa shape index (κ3) is 50.2. The number of rotatable bonds is 1. The van der Waals surface area contributed by atoms with Gasteiger partial charge >= 0.3 is 0 Å². The fourth-order valence-electron chi connectivity index (χ4n) is 0. The van der Waals surface area contributed by atoms with Gasteiger partial charge < -0.3 is 0 Å². The predicted molar refractivity (Wildman–Crippen MR) is 41.0 cm³/mol. The molecule has 0 aromatic carbocycles. The van der Waals surface area contributed by atoms with Crippen LogP contribution in [0.2, 0.25) is 0 Å². The van der Waals surface area contributed by atoms with Crippen molar-refractivity contribution < 1.29 is 0 Å². The summed E-state index contributed by atoms with van der Waals surface area (Å²) >= 11 is 0. The van der Waals surface area contributed by atoms with Crippen molar-refractivity contribution in [1.82, 2.24) is 0 Å². The number of allylic oxidation sites excluding steroid dienone is 2. The van der Waals surface area contributed by atoms with Gasteiger partial charge in [-0.3, -0.25) is 0 Å². The molecule has 0 spiro atoms. The fraction of sp³-hybridized carbons (Fsp3) is 0.500. The highest BCUT2D eigenvalue weighted by Gasteiger charge is 1.59. The molecule has 0 saturated heterocycles. The lowest BCUT2D eigenvalue weighted by atomic mass is 10.4. The van der Waals surface area contributed by atoms with Crippen molar-refractivity contribution in [2.24, 2.45) is 0 Å². The highest BCUT2D eigenvalue weighted by atomic mass is 13.7. The maximum Gasteiger partial charge on any atom is -0.0404 e. The van der Waals surface area contributed by atoms with Gasteiger partial charge in [-0.05, 0) is 6.92 Å². The zero-order valence-electron chi connectivity index (χ0n) is 6.20. The van der Waals surface area contributed by atoms with Crippen molar-refractivity contribution in [2.75, 3.05) is 0 Å². The quantitative estimate of drug-likeness (QED) is 0.457. The van der Waals surface area contributed by atoms with Gasteiger partial charge in [0, 0.05) is 0 Å². The molecule has 0 aromatic rings. The van der Waals surface area contributed by atoms with E-state index in [1.807, 2.05) is 6.92 Å². The summed E-state index contributed by atoms with van der Waals surface area (Å²) in [5.74, 6) is 0. The molecule has 0 N–H and O–H groups in total. The Hall–Kier alpha value is -0.520. The van der Waals surface area contributed by atoms with E-state index in [0.717, 1.165) is 5.57 Å². The lowest BCUT2D eigenvalue weighted by molar-refractivity contribution is 1.09. The Kier molecular flexibility index (Phi) is 12.7. The van der Waals surface area contributed by atoms with E-state index in [2.05, 4.69) is 27.0 Å². The van der Waals surface area contributed by atoms with Gasteiger partial charge in [-0.25, -0.2) is 0 Å². The molecular formula is C8H16. The van der Waals surface area contributed by atoms with E-state index in [1.165, 1.54) is 6.42 Å². The minimum atomic E-state index is 1.02. The molecule has 0 bridgehead atoms. The first-order chi connectivity index (χ1) is 3.68. The molecule has 0 atom stereocenters. The third-order valence-corrected chi connectivity index (χ3v) is 0.348. The summed E-state index contributed by atoms with van der Waals surface area (Å²) in [5, 5.41) is 0. The first kappa shape index (κ1) is 10.5. The summed E-state index contributed by atoms with van der Waals surface area (Å²) in [6.45, 7) is 13.2. The Bertz CT molecular complexity index is 60.4. The number of hydrogen-bond acceptors (Lipinski definition) is 0. The molecule has 0 heteroatoms. The molecule has 0 aliphatic heterocycles. The van der Waals surface area contributed by atoms with Crippen LogP contribution in [0.1, 0.15) is 27.2 Å². The molecule has 0 amide bonds. The lowest BCUT2D eigenvalue weighted by Gasteiger charge is -1.71. The van der Waals surface area contributed by atoms with Gasteiger partial charge in [0.2, 0.25) is 0 Å². The molecule has 0 rings (SSSR count). The van der Waals surface area contributed by atoms with Crippen LogP contribution < -0.4 is 0 Å². The second-order valence-corrected chi connectivity index (χ2v) is 1.76. The van der Waals surface area contributed by atoms with Crippen LogP contribution in [0, 0.1) is 0 Å². The molecule has 48 valence electrons. The Balaban J connectivity index is 0. The van der Waals surface area contributed by atoms with Crippen LogP contribution in [0.3, 0.4) is 0 Å². The first-order valence-electron chi connectivity index (χ1n) is 2.96.